The van der Waals surface area contributed by atoms with E-state index in [0.29, 0.717) is 5.75 Å². The summed E-state index contributed by atoms with van der Waals surface area (Å²) in [5.41, 5.74) is 0. The highest BCUT2D eigenvalue weighted by Gasteiger charge is 2.44. The molecule has 0 saturated carbocycles. The highest BCUT2D eigenvalue weighted by molar-refractivity contribution is 9.10. The first-order valence-corrected chi connectivity index (χ1v) is 7.95. The Balaban J connectivity index is 1.81. The summed E-state index contributed by atoms with van der Waals surface area (Å²) < 4.78 is 11.9. The highest BCUT2D eigenvalue weighted by atomic mass is 79.9. The van der Waals surface area contributed by atoms with Gasteiger partial charge in [0.2, 0.25) is 6.29 Å². The predicted molar refractivity (Wildman–Crippen MR) is 86.0 cm³/mol. The Morgan fingerprint density at radius 2 is 1.65 bits per heavy atom. The van der Waals surface area contributed by atoms with Crippen molar-refractivity contribution in [1.29, 1.82) is 0 Å². The van der Waals surface area contributed by atoms with Gasteiger partial charge in [0.1, 0.15) is 30.2 Å². The van der Waals surface area contributed by atoms with E-state index in [1.165, 1.54) is 0 Å². The number of aliphatic hydroxyl groups is 4. The standard InChI is InChI=1S/C16H17BrO6/c17-10-3-1-9-6-11(4-2-8(9)5-10)22-16-15(21)14(20)13(19)12(7-18)23-16/h1-6,12-16,18-21H,7H2/t12-,13-,14-,15+,16-/m1/s1. The number of rotatable bonds is 3. The van der Waals surface area contributed by atoms with E-state index in [-0.39, 0.29) is 0 Å². The molecule has 2 aromatic carbocycles. The molecule has 1 aliphatic rings. The molecule has 1 heterocycles. The molecule has 3 rings (SSSR count). The molecule has 124 valence electrons. The lowest BCUT2D eigenvalue weighted by molar-refractivity contribution is -0.277. The van der Waals surface area contributed by atoms with Gasteiger partial charge in [-0.05, 0) is 35.0 Å². The lowest BCUT2D eigenvalue weighted by Gasteiger charge is -2.39. The molecule has 7 heteroatoms. The molecule has 6 nitrogen and oxygen atoms in total. The minimum Gasteiger partial charge on any atom is -0.462 e. The van der Waals surface area contributed by atoms with Crippen LogP contribution in [0, 0.1) is 0 Å². The summed E-state index contributed by atoms with van der Waals surface area (Å²) >= 11 is 3.41. The Bertz CT molecular complexity index is 691. The molecular formula is C16H17BrO6. The summed E-state index contributed by atoms with van der Waals surface area (Å²) in [7, 11) is 0. The van der Waals surface area contributed by atoms with Crippen molar-refractivity contribution in [1.82, 2.24) is 0 Å². The first-order chi connectivity index (χ1) is 11.0. The van der Waals surface area contributed by atoms with E-state index in [1.807, 2.05) is 24.3 Å². The Labute approximate surface area is 141 Å². The third kappa shape index (κ3) is 3.35. The van der Waals surface area contributed by atoms with Crippen molar-refractivity contribution < 1.29 is 29.9 Å². The van der Waals surface area contributed by atoms with Crippen LogP contribution in [-0.2, 0) is 4.74 Å². The number of hydrogen-bond donors (Lipinski definition) is 4. The first-order valence-electron chi connectivity index (χ1n) is 7.16. The number of ether oxygens (including phenoxy) is 2. The third-order valence-corrected chi connectivity index (χ3v) is 4.37. The summed E-state index contributed by atoms with van der Waals surface area (Å²) in [6.45, 7) is -0.490. The van der Waals surface area contributed by atoms with E-state index in [1.54, 1.807) is 12.1 Å². The van der Waals surface area contributed by atoms with Gasteiger partial charge >= 0.3 is 0 Å². The smallest absolute Gasteiger partial charge is 0.229 e. The summed E-state index contributed by atoms with van der Waals surface area (Å²) in [6.07, 6.45) is -6.45. The van der Waals surface area contributed by atoms with Gasteiger partial charge in [0.15, 0.2) is 0 Å². The van der Waals surface area contributed by atoms with Crippen molar-refractivity contribution in [3.63, 3.8) is 0 Å². The third-order valence-electron chi connectivity index (χ3n) is 3.87. The molecule has 0 radical (unpaired) electrons. The van der Waals surface area contributed by atoms with Crippen molar-refractivity contribution in [2.75, 3.05) is 6.61 Å². The summed E-state index contributed by atoms with van der Waals surface area (Å²) in [6, 6.07) is 11.1. The van der Waals surface area contributed by atoms with Crippen molar-refractivity contribution >= 4 is 26.7 Å². The van der Waals surface area contributed by atoms with Crippen LogP contribution in [0.2, 0.25) is 0 Å². The van der Waals surface area contributed by atoms with E-state index in [9.17, 15) is 20.4 Å². The van der Waals surface area contributed by atoms with E-state index in [4.69, 9.17) is 9.47 Å². The van der Waals surface area contributed by atoms with Crippen molar-refractivity contribution in [2.45, 2.75) is 30.7 Å². The zero-order valence-electron chi connectivity index (χ0n) is 12.0. The van der Waals surface area contributed by atoms with Crippen molar-refractivity contribution in [2.24, 2.45) is 0 Å². The zero-order chi connectivity index (χ0) is 16.6. The van der Waals surface area contributed by atoms with Crippen LogP contribution in [0.1, 0.15) is 0 Å². The van der Waals surface area contributed by atoms with Crippen molar-refractivity contribution in [3.8, 4) is 5.75 Å². The molecule has 5 atom stereocenters. The fraction of sp³-hybridized carbons (Fsp3) is 0.375. The second-order valence-corrected chi connectivity index (χ2v) is 6.38. The van der Waals surface area contributed by atoms with Gasteiger partial charge in [-0.15, -0.1) is 0 Å². The molecule has 0 spiro atoms. The molecule has 0 bridgehead atoms. The maximum Gasteiger partial charge on any atom is 0.229 e. The molecule has 1 aliphatic heterocycles. The first kappa shape index (κ1) is 16.6. The Hall–Kier alpha value is -1.22. The minimum atomic E-state index is -1.46. The molecule has 1 fully saturated rings. The topological polar surface area (TPSA) is 99.4 Å². The second-order valence-electron chi connectivity index (χ2n) is 5.47. The van der Waals surface area contributed by atoms with Crippen LogP contribution in [0.3, 0.4) is 0 Å². The maximum atomic E-state index is 9.98. The lowest BCUT2D eigenvalue weighted by Crippen LogP contribution is -2.60. The molecular weight excluding hydrogens is 368 g/mol. The summed E-state index contributed by atoms with van der Waals surface area (Å²) in [5, 5.41) is 40.6. The van der Waals surface area contributed by atoms with Gasteiger partial charge in [0, 0.05) is 4.47 Å². The molecule has 1 saturated heterocycles. The van der Waals surface area contributed by atoms with Gasteiger partial charge in [0.05, 0.1) is 6.61 Å². The Morgan fingerprint density at radius 1 is 0.957 bits per heavy atom. The van der Waals surface area contributed by atoms with E-state index < -0.39 is 37.3 Å². The normalized spacial score (nSPS) is 31.3. The fourth-order valence-electron chi connectivity index (χ4n) is 2.57. The second kappa shape index (κ2) is 6.72. The van der Waals surface area contributed by atoms with Crippen LogP contribution in [0.25, 0.3) is 10.8 Å². The van der Waals surface area contributed by atoms with Crippen LogP contribution in [0.4, 0.5) is 0 Å². The minimum absolute atomic E-state index is 0.448. The van der Waals surface area contributed by atoms with Crippen molar-refractivity contribution in [3.05, 3.63) is 40.9 Å². The van der Waals surface area contributed by atoms with Crippen LogP contribution in [-0.4, -0.2) is 57.7 Å². The Kier molecular flexibility index (Phi) is 4.86. The van der Waals surface area contributed by atoms with Gasteiger partial charge in [-0.2, -0.15) is 0 Å². The van der Waals surface area contributed by atoms with Gasteiger partial charge in [0.25, 0.3) is 0 Å². The Morgan fingerprint density at radius 3 is 2.39 bits per heavy atom. The van der Waals surface area contributed by atoms with Crippen LogP contribution in [0.15, 0.2) is 40.9 Å². The number of fused-ring (bicyclic) bond motifs is 1. The quantitative estimate of drug-likeness (QED) is 0.624. The number of halogens is 1. The predicted octanol–water partition coefficient (Wildman–Crippen LogP) is 0.781. The average molecular weight is 385 g/mol. The molecule has 0 amide bonds. The lowest BCUT2D eigenvalue weighted by atomic mass is 9.99. The van der Waals surface area contributed by atoms with Gasteiger partial charge < -0.3 is 29.9 Å². The SMILES string of the molecule is OC[C@H]1O[C@@H](Oc2ccc3cc(Br)ccc3c2)[C@@H](O)[C@H](O)[C@@H]1O. The number of hydrogen-bond acceptors (Lipinski definition) is 6. The van der Waals surface area contributed by atoms with E-state index in [0.717, 1.165) is 15.2 Å². The fourth-order valence-corrected chi connectivity index (χ4v) is 2.95. The number of aliphatic hydroxyl groups excluding tert-OH is 4. The molecule has 0 aliphatic carbocycles. The van der Waals surface area contributed by atoms with Crippen LogP contribution < -0.4 is 4.74 Å². The zero-order valence-corrected chi connectivity index (χ0v) is 13.6. The highest BCUT2D eigenvalue weighted by Crippen LogP contribution is 2.28. The molecule has 0 aromatic heterocycles. The average Bonchev–Trinajstić information content (AvgIpc) is 2.55. The molecule has 4 N–H and O–H groups in total. The van der Waals surface area contributed by atoms with E-state index in [2.05, 4.69) is 15.9 Å². The largest absolute Gasteiger partial charge is 0.462 e. The number of benzene rings is 2. The van der Waals surface area contributed by atoms with Gasteiger partial charge in [-0.1, -0.05) is 28.1 Å². The molecule has 0 unspecified atom stereocenters. The monoisotopic (exact) mass is 384 g/mol. The van der Waals surface area contributed by atoms with Gasteiger partial charge in [-0.3, -0.25) is 0 Å². The van der Waals surface area contributed by atoms with E-state index >= 15 is 0 Å². The molecule has 23 heavy (non-hydrogen) atoms. The maximum absolute atomic E-state index is 9.98. The summed E-state index contributed by atoms with van der Waals surface area (Å²) in [5.74, 6) is 0.448. The summed E-state index contributed by atoms with van der Waals surface area (Å²) in [4.78, 5) is 0. The molecule has 2 aromatic rings. The van der Waals surface area contributed by atoms with Crippen LogP contribution >= 0.6 is 15.9 Å². The van der Waals surface area contributed by atoms with Crippen LogP contribution in [0.5, 0.6) is 5.75 Å². The van der Waals surface area contributed by atoms with Gasteiger partial charge in [-0.25, -0.2) is 0 Å².